The summed E-state index contributed by atoms with van der Waals surface area (Å²) in [4.78, 5) is 47.7. The van der Waals surface area contributed by atoms with Crippen LogP contribution in [0.5, 0.6) is 0 Å². The van der Waals surface area contributed by atoms with E-state index in [0.717, 1.165) is 29.8 Å². The molecule has 0 saturated carbocycles. The van der Waals surface area contributed by atoms with Gasteiger partial charge in [0, 0.05) is 30.2 Å². The fourth-order valence-electron chi connectivity index (χ4n) is 4.43. The summed E-state index contributed by atoms with van der Waals surface area (Å²) in [6.45, 7) is 3.52. The fraction of sp³-hybridized carbons (Fsp3) is 0.478. The molecule has 1 N–H and O–H groups in total. The summed E-state index contributed by atoms with van der Waals surface area (Å²) in [6.07, 6.45) is 3.39. The van der Waals surface area contributed by atoms with Gasteiger partial charge in [0.05, 0.1) is 12.3 Å². The van der Waals surface area contributed by atoms with Crippen LogP contribution < -0.4 is 5.32 Å². The molecule has 2 unspecified atom stereocenters. The molecule has 2 fully saturated rings. The number of piperidine rings is 1. The van der Waals surface area contributed by atoms with Gasteiger partial charge in [0.1, 0.15) is 11.9 Å². The molecule has 31 heavy (non-hydrogen) atoms. The van der Waals surface area contributed by atoms with Crippen LogP contribution in [0.4, 0.5) is 5.82 Å². The van der Waals surface area contributed by atoms with Crippen molar-refractivity contribution in [1.29, 1.82) is 0 Å². The molecule has 2 aliphatic heterocycles. The maximum absolute atomic E-state index is 13.3. The Kier molecular flexibility index (Phi) is 6.65. The highest BCUT2D eigenvalue weighted by Gasteiger charge is 2.38. The van der Waals surface area contributed by atoms with E-state index in [-0.39, 0.29) is 23.6 Å². The Morgan fingerprint density at radius 1 is 1.13 bits per heavy atom. The molecule has 164 valence electrons. The van der Waals surface area contributed by atoms with E-state index in [1.54, 1.807) is 27.2 Å². The summed E-state index contributed by atoms with van der Waals surface area (Å²) in [5, 5.41) is 4.84. The molecule has 7 nitrogen and oxygen atoms in total. The molecule has 8 heteroatoms. The number of hydrogen-bond donors (Lipinski definition) is 1. The average molecular weight is 441 g/mol. The van der Waals surface area contributed by atoms with Gasteiger partial charge in [0.15, 0.2) is 0 Å². The fourth-order valence-corrected chi connectivity index (χ4v) is 5.12. The van der Waals surface area contributed by atoms with Crippen molar-refractivity contribution >= 4 is 34.9 Å². The Bertz CT molecular complexity index is 946. The van der Waals surface area contributed by atoms with Crippen LogP contribution in [-0.2, 0) is 20.8 Å². The number of carbonyl (C=O) groups excluding carboxylic acids is 3. The molecule has 2 saturated heterocycles. The smallest absolute Gasteiger partial charge is 0.245 e. The maximum Gasteiger partial charge on any atom is 0.245 e. The second kappa shape index (κ2) is 9.60. The van der Waals surface area contributed by atoms with Crippen LogP contribution in [0.15, 0.2) is 35.7 Å². The lowest BCUT2D eigenvalue weighted by Crippen LogP contribution is -2.52. The first-order valence-corrected chi connectivity index (χ1v) is 11.7. The van der Waals surface area contributed by atoms with Crippen molar-refractivity contribution in [2.45, 2.75) is 45.1 Å². The third kappa shape index (κ3) is 5.12. The van der Waals surface area contributed by atoms with Gasteiger partial charge in [0.2, 0.25) is 17.7 Å². The summed E-state index contributed by atoms with van der Waals surface area (Å²) in [5.74, 6) is 0.150. The first-order chi connectivity index (χ1) is 15.0. The second-order valence-electron chi connectivity index (χ2n) is 8.28. The van der Waals surface area contributed by atoms with Gasteiger partial charge >= 0.3 is 0 Å². The Morgan fingerprint density at radius 2 is 1.97 bits per heavy atom. The molecule has 0 spiro atoms. The van der Waals surface area contributed by atoms with Crippen molar-refractivity contribution in [2.24, 2.45) is 5.92 Å². The summed E-state index contributed by atoms with van der Waals surface area (Å²) in [6, 6.07) is 8.98. The molecular weight excluding hydrogens is 412 g/mol. The summed E-state index contributed by atoms with van der Waals surface area (Å²) in [5.41, 5.74) is 0.840. The van der Waals surface area contributed by atoms with Crippen LogP contribution in [0, 0.1) is 12.8 Å². The molecule has 0 radical (unpaired) electrons. The van der Waals surface area contributed by atoms with Crippen molar-refractivity contribution < 1.29 is 14.4 Å². The zero-order valence-corrected chi connectivity index (χ0v) is 18.6. The first kappa shape index (κ1) is 21.5. The third-order valence-corrected chi connectivity index (χ3v) is 6.88. The lowest BCUT2D eigenvalue weighted by atomic mass is 9.96. The molecule has 3 amide bonds. The van der Waals surface area contributed by atoms with Gasteiger partial charge in [-0.2, -0.15) is 0 Å². The lowest BCUT2D eigenvalue weighted by Gasteiger charge is -2.35. The first-order valence-electron chi connectivity index (χ1n) is 10.9. The van der Waals surface area contributed by atoms with Gasteiger partial charge in [-0.15, -0.1) is 11.3 Å². The number of likely N-dealkylation sites (tertiary alicyclic amines) is 2. The molecular formula is C23H28N4O3S. The van der Waals surface area contributed by atoms with E-state index in [4.69, 9.17) is 0 Å². The number of pyridine rings is 1. The number of nitrogens with one attached hydrogen (secondary N) is 1. The van der Waals surface area contributed by atoms with Crippen molar-refractivity contribution in [3.63, 3.8) is 0 Å². The normalized spacial score (nSPS) is 21.2. The van der Waals surface area contributed by atoms with Crippen LogP contribution in [0.1, 0.15) is 36.3 Å². The van der Waals surface area contributed by atoms with Crippen molar-refractivity contribution in [1.82, 2.24) is 14.8 Å². The van der Waals surface area contributed by atoms with Crippen molar-refractivity contribution in [3.8, 4) is 0 Å². The van der Waals surface area contributed by atoms with Gasteiger partial charge in [-0.3, -0.25) is 14.4 Å². The van der Waals surface area contributed by atoms with Crippen LogP contribution in [-0.4, -0.2) is 58.2 Å². The van der Waals surface area contributed by atoms with Gasteiger partial charge in [-0.25, -0.2) is 4.98 Å². The Balaban J connectivity index is 1.37. The van der Waals surface area contributed by atoms with Gasteiger partial charge < -0.3 is 15.1 Å². The highest BCUT2D eigenvalue weighted by Crippen LogP contribution is 2.25. The SMILES string of the molecule is Cc1cccc(NC(=O)C2CCCN(C(=O)C3CCCN3C(=O)Cc3cccs3)C2)n1. The topological polar surface area (TPSA) is 82.6 Å². The third-order valence-electron chi connectivity index (χ3n) is 6.01. The monoisotopic (exact) mass is 440 g/mol. The summed E-state index contributed by atoms with van der Waals surface area (Å²) >= 11 is 1.56. The van der Waals surface area contributed by atoms with Crippen molar-refractivity contribution in [2.75, 3.05) is 25.0 Å². The van der Waals surface area contributed by atoms with Gasteiger partial charge in [0.25, 0.3) is 0 Å². The van der Waals surface area contributed by atoms with E-state index in [9.17, 15) is 14.4 Å². The zero-order valence-electron chi connectivity index (χ0n) is 17.8. The van der Waals surface area contributed by atoms with E-state index in [2.05, 4.69) is 10.3 Å². The Hall–Kier alpha value is -2.74. The number of thiophene rings is 1. The quantitative estimate of drug-likeness (QED) is 0.775. The highest BCUT2D eigenvalue weighted by atomic mass is 32.1. The molecule has 0 aromatic carbocycles. The van der Waals surface area contributed by atoms with E-state index in [1.165, 1.54) is 0 Å². The van der Waals surface area contributed by atoms with E-state index >= 15 is 0 Å². The van der Waals surface area contributed by atoms with Gasteiger partial charge in [-0.05, 0) is 56.2 Å². The zero-order chi connectivity index (χ0) is 21.8. The van der Waals surface area contributed by atoms with E-state index < -0.39 is 6.04 Å². The Morgan fingerprint density at radius 3 is 2.74 bits per heavy atom. The molecule has 0 bridgehead atoms. The minimum absolute atomic E-state index is 0.00937. The predicted octanol–water partition coefficient (Wildman–Crippen LogP) is 2.86. The van der Waals surface area contributed by atoms with Crippen molar-refractivity contribution in [3.05, 3.63) is 46.3 Å². The van der Waals surface area contributed by atoms with Crippen LogP contribution in [0.25, 0.3) is 0 Å². The number of nitrogens with zero attached hydrogens (tertiary/aromatic N) is 3. The summed E-state index contributed by atoms with van der Waals surface area (Å²) in [7, 11) is 0. The minimum atomic E-state index is -0.410. The number of rotatable bonds is 5. The average Bonchev–Trinajstić information content (AvgIpc) is 3.45. The number of aryl methyl sites for hydroxylation is 1. The Labute approximate surface area is 186 Å². The molecule has 2 aromatic rings. The number of anilines is 1. The standard InChI is InChI=1S/C23H28N4O3S/c1-16-6-2-10-20(24-16)25-22(29)17-7-3-11-26(15-17)23(30)19-9-4-12-27(19)21(28)14-18-8-5-13-31-18/h2,5-6,8,10,13,17,19H,3-4,7,9,11-12,14-15H2,1H3,(H,24,25,29). The van der Waals surface area contributed by atoms with E-state index in [0.29, 0.717) is 38.3 Å². The maximum atomic E-state index is 13.3. The number of amides is 3. The molecule has 2 atom stereocenters. The van der Waals surface area contributed by atoms with Crippen LogP contribution in [0.3, 0.4) is 0 Å². The number of hydrogen-bond acceptors (Lipinski definition) is 5. The molecule has 2 aliphatic rings. The predicted molar refractivity (Wildman–Crippen MR) is 120 cm³/mol. The largest absolute Gasteiger partial charge is 0.340 e. The molecule has 4 rings (SSSR count). The van der Waals surface area contributed by atoms with Gasteiger partial charge in [-0.1, -0.05) is 12.1 Å². The molecule has 0 aliphatic carbocycles. The number of carbonyl (C=O) groups is 3. The highest BCUT2D eigenvalue weighted by molar-refractivity contribution is 7.10. The van der Waals surface area contributed by atoms with Crippen LogP contribution in [0.2, 0.25) is 0 Å². The minimum Gasteiger partial charge on any atom is -0.340 e. The number of aromatic nitrogens is 1. The molecule has 4 heterocycles. The van der Waals surface area contributed by atoms with Crippen LogP contribution >= 0.6 is 11.3 Å². The lowest BCUT2D eigenvalue weighted by molar-refractivity contribution is -0.145. The molecule has 2 aromatic heterocycles. The summed E-state index contributed by atoms with van der Waals surface area (Å²) < 4.78 is 0. The van der Waals surface area contributed by atoms with E-state index in [1.807, 2.05) is 36.6 Å². The second-order valence-corrected chi connectivity index (χ2v) is 9.31.